The number of alkyl halides is 3. The Morgan fingerprint density at radius 2 is 2.00 bits per heavy atom. The highest BCUT2D eigenvalue weighted by molar-refractivity contribution is 6.02. The SMILES string of the molecule is CNC(=O)c1cc(-c2ncnc3c2CCN3)[nH]c1-c1cc(C(F)(F)F)ccc1C. The minimum Gasteiger partial charge on any atom is -0.369 e. The van der Waals surface area contributed by atoms with Crippen LogP contribution in [-0.2, 0) is 12.6 Å². The molecular formula is C20H18F3N5O. The van der Waals surface area contributed by atoms with E-state index in [2.05, 4.69) is 25.6 Å². The summed E-state index contributed by atoms with van der Waals surface area (Å²) < 4.78 is 39.7. The molecule has 3 N–H and O–H groups in total. The van der Waals surface area contributed by atoms with Crippen LogP contribution in [0.15, 0.2) is 30.6 Å². The minimum atomic E-state index is -4.48. The molecule has 1 amide bonds. The molecule has 0 aliphatic carbocycles. The fourth-order valence-corrected chi connectivity index (χ4v) is 3.52. The van der Waals surface area contributed by atoms with Gasteiger partial charge in [0.1, 0.15) is 12.1 Å². The molecule has 1 aliphatic heterocycles. The summed E-state index contributed by atoms with van der Waals surface area (Å²) in [6.07, 6.45) is -2.34. The highest BCUT2D eigenvalue weighted by Gasteiger charge is 2.32. The van der Waals surface area contributed by atoms with Gasteiger partial charge in [-0.05, 0) is 37.1 Å². The van der Waals surface area contributed by atoms with Crippen molar-refractivity contribution < 1.29 is 18.0 Å². The number of carbonyl (C=O) groups is 1. The van der Waals surface area contributed by atoms with Crippen LogP contribution in [0.4, 0.5) is 19.0 Å². The lowest BCUT2D eigenvalue weighted by molar-refractivity contribution is -0.137. The van der Waals surface area contributed by atoms with Gasteiger partial charge in [-0.2, -0.15) is 13.2 Å². The van der Waals surface area contributed by atoms with Crippen molar-refractivity contribution in [3.63, 3.8) is 0 Å². The number of hydrogen-bond acceptors (Lipinski definition) is 4. The van der Waals surface area contributed by atoms with Crippen LogP contribution in [0.2, 0.25) is 0 Å². The summed E-state index contributed by atoms with van der Waals surface area (Å²) in [5.74, 6) is 0.325. The first-order valence-electron chi connectivity index (χ1n) is 9.01. The van der Waals surface area contributed by atoms with Gasteiger partial charge in [0.2, 0.25) is 0 Å². The van der Waals surface area contributed by atoms with Crippen LogP contribution < -0.4 is 10.6 Å². The van der Waals surface area contributed by atoms with E-state index in [1.807, 2.05) is 0 Å². The number of amides is 1. The Kier molecular flexibility index (Phi) is 4.52. The number of aromatic nitrogens is 3. The van der Waals surface area contributed by atoms with Gasteiger partial charge in [0.05, 0.1) is 28.2 Å². The Morgan fingerprint density at radius 3 is 2.72 bits per heavy atom. The number of H-pyrrole nitrogens is 1. The van der Waals surface area contributed by atoms with Crippen LogP contribution in [-0.4, -0.2) is 34.5 Å². The quantitative estimate of drug-likeness (QED) is 0.624. The second-order valence-electron chi connectivity index (χ2n) is 6.80. The average Bonchev–Trinajstić information content (AvgIpc) is 3.33. The summed E-state index contributed by atoms with van der Waals surface area (Å²) in [5.41, 5.74) is 2.82. The largest absolute Gasteiger partial charge is 0.416 e. The minimum absolute atomic E-state index is 0.253. The van der Waals surface area contributed by atoms with E-state index >= 15 is 0 Å². The van der Waals surface area contributed by atoms with Crippen molar-refractivity contribution in [2.45, 2.75) is 19.5 Å². The monoisotopic (exact) mass is 401 g/mol. The number of nitrogens with zero attached hydrogens (tertiary/aromatic N) is 2. The Balaban J connectivity index is 1.91. The maximum atomic E-state index is 13.2. The molecule has 0 bridgehead atoms. The van der Waals surface area contributed by atoms with Gasteiger partial charge >= 0.3 is 6.18 Å². The molecule has 3 heterocycles. The lowest BCUT2D eigenvalue weighted by atomic mass is 9.99. The third kappa shape index (κ3) is 3.32. The summed E-state index contributed by atoms with van der Waals surface area (Å²) in [5, 5.41) is 5.71. The van der Waals surface area contributed by atoms with Crippen LogP contribution in [0.5, 0.6) is 0 Å². The number of carbonyl (C=O) groups excluding carboxylic acids is 1. The number of nitrogens with one attached hydrogen (secondary N) is 3. The van der Waals surface area contributed by atoms with Crippen LogP contribution >= 0.6 is 0 Å². The van der Waals surface area contributed by atoms with Crippen molar-refractivity contribution in [2.75, 3.05) is 18.9 Å². The summed E-state index contributed by atoms with van der Waals surface area (Å²) in [7, 11) is 1.48. The summed E-state index contributed by atoms with van der Waals surface area (Å²) >= 11 is 0. The standard InChI is InChI=1S/C20H18F3N5O/c1-10-3-4-11(20(21,22)23)7-13(10)16-14(19(29)24-2)8-15(28-16)17-12-5-6-25-18(12)27-9-26-17/h3-4,7-9,28H,5-6H2,1-2H3,(H,24,29)(H,25,26,27). The van der Waals surface area contributed by atoms with Gasteiger partial charge in [0.25, 0.3) is 5.91 Å². The maximum Gasteiger partial charge on any atom is 0.416 e. The first-order chi connectivity index (χ1) is 13.8. The lowest BCUT2D eigenvalue weighted by Gasteiger charge is -2.12. The highest BCUT2D eigenvalue weighted by Crippen LogP contribution is 2.37. The number of rotatable bonds is 3. The molecule has 0 fully saturated rings. The number of anilines is 1. The zero-order valence-electron chi connectivity index (χ0n) is 15.7. The van der Waals surface area contributed by atoms with E-state index in [1.165, 1.54) is 19.4 Å². The Labute approximate surface area is 164 Å². The fraction of sp³-hybridized carbons (Fsp3) is 0.250. The average molecular weight is 401 g/mol. The first kappa shape index (κ1) is 19.0. The van der Waals surface area contributed by atoms with Crippen molar-refractivity contribution in [3.05, 3.63) is 52.8 Å². The number of fused-ring (bicyclic) bond motifs is 1. The van der Waals surface area contributed by atoms with Gasteiger partial charge in [-0.1, -0.05) is 6.07 Å². The van der Waals surface area contributed by atoms with Gasteiger partial charge < -0.3 is 15.6 Å². The van der Waals surface area contributed by atoms with Gasteiger partial charge in [0, 0.05) is 24.7 Å². The zero-order valence-corrected chi connectivity index (χ0v) is 15.7. The smallest absolute Gasteiger partial charge is 0.369 e. The van der Waals surface area contributed by atoms with Crippen LogP contribution in [0, 0.1) is 6.92 Å². The summed E-state index contributed by atoms with van der Waals surface area (Å²) in [6, 6.07) is 5.11. The van der Waals surface area contributed by atoms with E-state index in [4.69, 9.17) is 0 Å². The molecule has 150 valence electrons. The van der Waals surface area contributed by atoms with E-state index in [1.54, 1.807) is 13.0 Å². The Morgan fingerprint density at radius 1 is 1.21 bits per heavy atom. The van der Waals surface area contributed by atoms with E-state index in [0.717, 1.165) is 36.5 Å². The van der Waals surface area contributed by atoms with Gasteiger partial charge in [-0.3, -0.25) is 4.79 Å². The zero-order chi connectivity index (χ0) is 20.8. The van der Waals surface area contributed by atoms with Gasteiger partial charge in [-0.15, -0.1) is 0 Å². The molecule has 3 aromatic rings. The van der Waals surface area contributed by atoms with Gasteiger partial charge in [0.15, 0.2) is 0 Å². The lowest BCUT2D eigenvalue weighted by Crippen LogP contribution is -2.18. The molecule has 4 rings (SSSR count). The number of aryl methyl sites for hydroxylation is 1. The van der Waals surface area contributed by atoms with Crippen molar-refractivity contribution in [3.8, 4) is 22.6 Å². The molecule has 0 unspecified atom stereocenters. The topological polar surface area (TPSA) is 82.7 Å². The first-order valence-corrected chi connectivity index (χ1v) is 9.01. The molecule has 9 heteroatoms. The predicted octanol–water partition coefficient (Wildman–Crippen LogP) is 3.79. The van der Waals surface area contributed by atoms with Gasteiger partial charge in [-0.25, -0.2) is 9.97 Å². The van der Waals surface area contributed by atoms with Crippen molar-refractivity contribution in [1.29, 1.82) is 0 Å². The third-order valence-corrected chi connectivity index (χ3v) is 4.99. The number of aromatic amines is 1. The van der Waals surface area contributed by atoms with E-state index in [9.17, 15) is 18.0 Å². The van der Waals surface area contributed by atoms with Crippen LogP contribution in [0.3, 0.4) is 0 Å². The fourth-order valence-electron chi connectivity index (χ4n) is 3.52. The molecule has 6 nitrogen and oxygen atoms in total. The molecule has 0 saturated heterocycles. The van der Waals surface area contributed by atoms with Crippen molar-refractivity contribution in [1.82, 2.24) is 20.3 Å². The number of hydrogen-bond donors (Lipinski definition) is 3. The molecule has 2 aromatic heterocycles. The van der Waals surface area contributed by atoms with Crippen LogP contribution in [0.1, 0.15) is 27.0 Å². The Hall–Kier alpha value is -3.36. The van der Waals surface area contributed by atoms with Crippen molar-refractivity contribution in [2.24, 2.45) is 0 Å². The van der Waals surface area contributed by atoms with Crippen LogP contribution in [0.25, 0.3) is 22.6 Å². The van der Waals surface area contributed by atoms with Crippen molar-refractivity contribution >= 4 is 11.7 Å². The third-order valence-electron chi connectivity index (χ3n) is 4.99. The molecule has 0 radical (unpaired) electrons. The normalized spacial score (nSPS) is 13.1. The number of halogens is 3. The summed E-state index contributed by atoms with van der Waals surface area (Å²) in [6.45, 7) is 2.43. The van der Waals surface area contributed by atoms with E-state index in [0.29, 0.717) is 28.2 Å². The van der Waals surface area contributed by atoms with E-state index in [-0.39, 0.29) is 5.56 Å². The number of benzene rings is 1. The predicted molar refractivity (Wildman–Crippen MR) is 103 cm³/mol. The molecule has 0 spiro atoms. The molecule has 1 aliphatic rings. The molecule has 29 heavy (non-hydrogen) atoms. The maximum absolute atomic E-state index is 13.2. The second kappa shape index (κ2) is 6.91. The molecule has 1 aromatic carbocycles. The highest BCUT2D eigenvalue weighted by atomic mass is 19.4. The molecule has 0 atom stereocenters. The second-order valence-corrected chi connectivity index (χ2v) is 6.80. The Bertz CT molecular complexity index is 1100. The summed E-state index contributed by atoms with van der Waals surface area (Å²) in [4.78, 5) is 24.1. The molecular weight excluding hydrogens is 383 g/mol. The molecule has 0 saturated carbocycles. The van der Waals surface area contributed by atoms with E-state index < -0.39 is 17.6 Å².